The van der Waals surface area contributed by atoms with Crippen molar-refractivity contribution in [1.29, 1.82) is 0 Å². The fourth-order valence-electron chi connectivity index (χ4n) is 3.22. The molecule has 1 aromatic heterocycles. The Morgan fingerprint density at radius 2 is 1.82 bits per heavy atom. The number of thiazole rings is 1. The van der Waals surface area contributed by atoms with Gasteiger partial charge in [-0.25, -0.2) is 4.98 Å². The van der Waals surface area contributed by atoms with Crippen LogP contribution in [-0.2, 0) is 24.4 Å². The molecule has 0 spiro atoms. The number of nitrogens with two attached hydrogens (primary N) is 1. The van der Waals surface area contributed by atoms with Gasteiger partial charge in [-0.3, -0.25) is 9.69 Å². The van der Waals surface area contributed by atoms with Crippen molar-refractivity contribution in [2.45, 2.75) is 45.7 Å². The first-order valence-corrected chi connectivity index (χ1v) is 9.79. The molecule has 0 saturated carbocycles. The van der Waals surface area contributed by atoms with E-state index in [-0.39, 0.29) is 42.9 Å². The number of nitrogens with zero attached hydrogens (tertiary/aromatic N) is 2. The van der Waals surface area contributed by atoms with Gasteiger partial charge in [0.1, 0.15) is 10.7 Å². The zero-order valence-electron chi connectivity index (χ0n) is 16.1. The van der Waals surface area contributed by atoms with Crippen LogP contribution < -0.4 is 11.1 Å². The molecule has 1 aromatic carbocycles. The summed E-state index contributed by atoms with van der Waals surface area (Å²) in [7, 11) is 0. The third-order valence-corrected chi connectivity index (χ3v) is 5.21. The number of carbonyl (C=O) groups excluding carboxylic acids is 1. The first-order valence-electron chi connectivity index (χ1n) is 8.91. The van der Waals surface area contributed by atoms with Gasteiger partial charge in [0.25, 0.3) is 5.91 Å². The standard InChI is InChI=1S/C19H26N4O2S.2ClH/c1-13-9-23(10-14(2)25-13)11-16-5-3-15(4-6-16)8-21-19(24)17-12-26-18(7-20)22-17;;/h3-6,12-14H,7-11,20H2,1-2H3,(H,21,24);2*1H. The van der Waals surface area contributed by atoms with Crippen LogP contribution in [0.1, 0.15) is 40.5 Å². The molecule has 28 heavy (non-hydrogen) atoms. The van der Waals surface area contributed by atoms with Gasteiger partial charge in [0.15, 0.2) is 0 Å². The van der Waals surface area contributed by atoms with Crippen molar-refractivity contribution in [3.63, 3.8) is 0 Å². The Balaban J connectivity index is 0.00000196. The lowest BCUT2D eigenvalue weighted by atomic mass is 10.1. The van der Waals surface area contributed by atoms with Crippen LogP contribution in [0.2, 0.25) is 0 Å². The van der Waals surface area contributed by atoms with E-state index in [2.05, 4.69) is 53.3 Å². The third-order valence-electron chi connectivity index (χ3n) is 4.34. The quantitative estimate of drug-likeness (QED) is 0.712. The molecule has 1 fully saturated rings. The third kappa shape index (κ3) is 6.99. The molecule has 0 radical (unpaired) electrons. The minimum absolute atomic E-state index is 0. The molecule has 2 aromatic rings. The van der Waals surface area contributed by atoms with Gasteiger partial charge in [-0.2, -0.15) is 0 Å². The smallest absolute Gasteiger partial charge is 0.271 e. The van der Waals surface area contributed by atoms with E-state index in [0.717, 1.165) is 30.2 Å². The summed E-state index contributed by atoms with van der Waals surface area (Å²) in [4.78, 5) is 18.7. The van der Waals surface area contributed by atoms with Gasteiger partial charge in [-0.1, -0.05) is 24.3 Å². The van der Waals surface area contributed by atoms with Crippen LogP contribution in [0.15, 0.2) is 29.6 Å². The summed E-state index contributed by atoms with van der Waals surface area (Å²) in [6, 6.07) is 8.38. The summed E-state index contributed by atoms with van der Waals surface area (Å²) in [6.07, 6.45) is 0.553. The number of hydrogen-bond donors (Lipinski definition) is 2. The first kappa shape index (κ1) is 24.8. The zero-order valence-corrected chi connectivity index (χ0v) is 18.5. The summed E-state index contributed by atoms with van der Waals surface area (Å²) in [5.41, 5.74) is 8.30. The molecule has 2 atom stereocenters. The van der Waals surface area contributed by atoms with Crippen LogP contribution in [0.25, 0.3) is 0 Å². The second-order valence-electron chi connectivity index (χ2n) is 6.78. The van der Waals surface area contributed by atoms with Crippen molar-refractivity contribution in [3.8, 4) is 0 Å². The molecular weight excluding hydrogens is 419 g/mol. The number of hydrogen-bond acceptors (Lipinski definition) is 6. The molecule has 1 saturated heterocycles. The number of morpholine rings is 1. The highest BCUT2D eigenvalue weighted by atomic mass is 35.5. The van der Waals surface area contributed by atoms with E-state index in [1.165, 1.54) is 16.9 Å². The number of benzene rings is 1. The van der Waals surface area contributed by atoms with E-state index >= 15 is 0 Å². The predicted octanol–water partition coefficient (Wildman–Crippen LogP) is 2.98. The van der Waals surface area contributed by atoms with E-state index in [4.69, 9.17) is 10.5 Å². The zero-order chi connectivity index (χ0) is 18.5. The number of nitrogens with one attached hydrogen (secondary N) is 1. The van der Waals surface area contributed by atoms with Crippen LogP contribution in [0.5, 0.6) is 0 Å². The van der Waals surface area contributed by atoms with Crippen molar-refractivity contribution in [2.75, 3.05) is 13.1 Å². The normalized spacial score (nSPS) is 19.4. The van der Waals surface area contributed by atoms with Gasteiger partial charge in [-0.15, -0.1) is 36.2 Å². The summed E-state index contributed by atoms with van der Waals surface area (Å²) in [5.74, 6) is -0.165. The van der Waals surface area contributed by atoms with Gasteiger partial charge < -0.3 is 15.8 Å². The average Bonchev–Trinajstić information content (AvgIpc) is 3.09. The highest BCUT2D eigenvalue weighted by Crippen LogP contribution is 2.15. The largest absolute Gasteiger partial charge is 0.373 e. The van der Waals surface area contributed by atoms with Crippen LogP contribution in [0.3, 0.4) is 0 Å². The van der Waals surface area contributed by atoms with Gasteiger partial charge in [0.2, 0.25) is 0 Å². The maximum atomic E-state index is 12.1. The first-order chi connectivity index (χ1) is 12.5. The highest BCUT2D eigenvalue weighted by molar-refractivity contribution is 7.09. The number of carbonyl (C=O) groups is 1. The second-order valence-corrected chi connectivity index (χ2v) is 7.72. The topological polar surface area (TPSA) is 80.5 Å². The molecule has 1 amide bonds. The SMILES string of the molecule is CC1CN(Cc2ccc(CNC(=O)c3csc(CN)n3)cc2)CC(C)O1.Cl.Cl. The number of ether oxygens (including phenoxy) is 1. The van der Waals surface area contributed by atoms with Crippen molar-refractivity contribution >= 4 is 42.1 Å². The van der Waals surface area contributed by atoms with Gasteiger partial charge in [-0.05, 0) is 25.0 Å². The Kier molecular flexibility index (Phi) is 10.4. The van der Waals surface area contributed by atoms with Gasteiger partial charge in [0.05, 0.1) is 12.2 Å². The Bertz CT molecular complexity index is 732. The van der Waals surface area contributed by atoms with Crippen molar-refractivity contribution < 1.29 is 9.53 Å². The lowest BCUT2D eigenvalue weighted by Gasteiger charge is -2.35. The van der Waals surface area contributed by atoms with Gasteiger partial charge in [0, 0.05) is 38.1 Å². The van der Waals surface area contributed by atoms with E-state index in [1.807, 2.05) is 0 Å². The van der Waals surface area contributed by atoms with E-state index in [0.29, 0.717) is 18.8 Å². The lowest BCUT2D eigenvalue weighted by molar-refractivity contribution is -0.0704. The summed E-state index contributed by atoms with van der Waals surface area (Å²) >= 11 is 1.41. The molecule has 6 nitrogen and oxygen atoms in total. The minimum atomic E-state index is -0.165. The number of halogens is 2. The molecule has 2 heterocycles. The molecule has 3 N–H and O–H groups in total. The minimum Gasteiger partial charge on any atom is -0.373 e. The van der Waals surface area contributed by atoms with E-state index in [9.17, 15) is 4.79 Å². The maximum Gasteiger partial charge on any atom is 0.271 e. The molecular formula is C19H28Cl2N4O2S. The number of rotatable bonds is 6. The van der Waals surface area contributed by atoms with Crippen LogP contribution >= 0.6 is 36.2 Å². The monoisotopic (exact) mass is 446 g/mol. The predicted molar refractivity (Wildman–Crippen MR) is 117 cm³/mol. The van der Waals surface area contributed by atoms with Crippen LogP contribution in [0.4, 0.5) is 0 Å². The molecule has 1 aliphatic rings. The Morgan fingerprint density at radius 1 is 1.21 bits per heavy atom. The van der Waals surface area contributed by atoms with E-state index in [1.54, 1.807) is 5.38 Å². The fourth-order valence-corrected chi connectivity index (χ4v) is 3.87. The highest BCUT2D eigenvalue weighted by Gasteiger charge is 2.21. The summed E-state index contributed by atoms with van der Waals surface area (Å²) in [6.45, 7) is 7.92. The fraction of sp³-hybridized carbons (Fsp3) is 0.474. The van der Waals surface area contributed by atoms with Crippen LogP contribution in [-0.4, -0.2) is 41.1 Å². The molecule has 156 valence electrons. The number of aromatic nitrogens is 1. The molecule has 0 bridgehead atoms. The van der Waals surface area contributed by atoms with Crippen molar-refractivity contribution in [3.05, 3.63) is 51.5 Å². The Hall–Kier alpha value is -1.22. The Morgan fingerprint density at radius 3 is 2.39 bits per heavy atom. The van der Waals surface area contributed by atoms with Crippen molar-refractivity contribution in [2.24, 2.45) is 5.73 Å². The second kappa shape index (κ2) is 11.7. The van der Waals surface area contributed by atoms with Crippen LogP contribution in [0, 0.1) is 0 Å². The van der Waals surface area contributed by atoms with Crippen molar-refractivity contribution in [1.82, 2.24) is 15.2 Å². The molecule has 1 aliphatic heterocycles. The molecule has 0 aliphatic carbocycles. The molecule has 2 unspecified atom stereocenters. The summed E-state index contributed by atoms with van der Waals surface area (Å²) < 4.78 is 5.78. The summed E-state index contributed by atoms with van der Waals surface area (Å²) in [5, 5.41) is 5.41. The number of amides is 1. The molecule has 9 heteroatoms. The Labute approximate surface area is 182 Å². The maximum absolute atomic E-state index is 12.1. The van der Waals surface area contributed by atoms with E-state index < -0.39 is 0 Å². The van der Waals surface area contributed by atoms with Gasteiger partial charge >= 0.3 is 0 Å². The lowest BCUT2D eigenvalue weighted by Crippen LogP contribution is -2.44. The molecule has 3 rings (SSSR count). The average molecular weight is 447 g/mol.